The highest BCUT2D eigenvalue weighted by Gasteiger charge is 2.17. The Kier molecular flexibility index (Phi) is 15.9. The third-order valence-electron chi connectivity index (χ3n) is 7.26. The maximum absolute atomic E-state index is 9.99. The van der Waals surface area contributed by atoms with Gasteiger partial charge in [0.05, 0.1) is 32.1 Å². The summed E-state index contributed by atoms with van der Waals surface area (Å²) in [6.07, 6.45) is 8.25. The minimum atomic E-state index is -0.668. The lowest BCUT2D eigenvalue weighted by Crippen LogP contribution is -2.12. The Hall–Kier alpha value is -2.97. The molecule has 4 aromatic carbocycles. The molecule has 11 heteroatoms. The van der Waals surface area contributed by atoms with E-state index in [-0.39, 0.29) is 6.10 Å². The van der Waals surface area contributed by atoms with Crippen molar-refractivity contribution in [3.05, 3.63) is 181 Å². The molecular weight excluding hydrogens is 743 g/mol. The molecule has 0 fully saturated rings. The van der Waals surface area contributed by atoms with Crippen LogP contribution in [0.15, 0.2) is 128 Å². The van der Waals surface area contributed by atoms with Crippen molar-refractivity contribution in [1.29, 1.82) is 0 Å². The van der Waals surface area contributed by atoms with Crippen molar-refractivity contribution in [1.82, 2.24) is 14.1 Å². The average molecular weight is 778 g/mol. The highest BCUT2D eigenvalue weighted by Crippen LogP contribution is 2.31. The molecule has 0 aliphatic carbocycles. The van der Waals surface area contributed by atoms with Crippen LogP contribution in [0.5, 0.6) is 0 Å². The van der Waals surface area contributed by atoms with Gasteiger partial charge in [0, 0.05) is 66.9 Å². The van der Waals surface area contributed by atoms with Crippen LogP contribution in [0.2, 0.25) is 25.1 Å². The molecule has 0 spiro atoms. The van der Waals surface area contributed by atoms with Crippen LogP contribution in [0.25, 0.3) is 0 Å². The summed E-state index contributed by atoms with van der Waals surface area (Å²) in [6.45, 7) is 3.63. The second-order valence-electron chi connectivity index (χ2n) is 11.0. The monoisotopic (exact) mass is 775 g/mol. The number of hydrogen-bond acceptors (Lipinski definition) is 3. The predicted molar refractivity (Wildman–Crippen MR) is 204 cm³/mol. The summed E-state index contributed by atoms with van der Waals surface area (Å²) >= 11 is 35.7. The van der Waals surface area contributed by atoms with Crippen LogP contribution in [-0.4, -0.2) is 19.2 Å². The van der Waals surface area contributed by atoms with Gasteiger partial charge < -0.3 is 19.0 Å². The lowest BCUT2D eigenvalue weighted by molar-refractivity contribution is 0.0281. The summed E-state index contributed by atoms with van der Waals surface area (Å²) < 4.78 is 10.0. The van der Waals surface area contributed by atoms with Crippen molar-refractivity contribution in [3.63, 3.8) is 0 Å². The molecule has 256 valence electrons. The maximum Gasteiger partial charge on any atom is 0.102 e. The lowest BCUT2D eigenvalue weighted by atomic mass is 10.1. The Bertz CT molecular complexity index is 1830. The molecule has 0 saturated carbocycles. The van der Waals surface area contributed by atoms with Crippen LogP contribution in [0.3, 0.4) is 0 Å². The first-order valence-electron chi connectivity index (χ1n) is 15.2. The van der Waals surface area contributed by atoms with Crippen molar-refractivity contribution in [3.8, 4) is 0 Å². The SMILES string of the molecule is Cc1ccc(CCl)cc1.Clc1ccc(COC(Cn2cccc2)c2ccc(Cl)cc2Cl)cc1.OC(Cn1ccnc1)c1ccc(Cl)cc1Cl. The molecule has 0 aliphatic heterocycles. The maximum atomic E-state index is 9.99. The number of aliphatic hydroxyl groups excluding tert-OH is 1. The minimum absolute atomic E-state index is 0.183. The van der Waals surface area contributed by atoms with Gasteiger partial charge in [0.2, 0.25) is 0 Å². The van der Waals surface area contributed by atoms with E-state index in [1.165, 1.54) is 11.1 Å². The third kappa shape index (κ3) is 13.0. The number of aryl methyl sites for hydroxylation is 1. The van der Waals surface area contributed by atoms with Crippen molar-refractivity contribution >= 4 is 69.6 Å². The van der Waals surface area contributed by atoms with Crippen molar-refractivity contribution in [2.24, 2.45) is 0 Å². The molecule has 2 heterocycles. The number of benzene rings is 4. The van der Waals surface area contributed by atoms with Gasteiger partial charge in [-0.25, -0.2) is 4.98 Å². The second kappa shape index (κ2) is 20.0. The lowest BCUT2D eigenvalue weighted by Gasteiger charge is -2.20. The van der Waals surface area contributed by atoms with E-state index < -0.39 is 6.10 Å². The van der Waals surface area contributed by atoms with Gasteiger partial charge in [-0.15, -0.1) is 11.6 Å². The largest absolute Gasteiger partial charge is 0.386 e. The van der Waals surface area contributed by atoms with Gasteiger partial charge in [-0.05, 0) is 66.6 Å². The fourth-order valence-corrected chi connectivity index (χ4v) is 5.97. The normalized spacial score (nSPS) is 11.9. The molecule has 6 aromatic rings. The van der Waals surface area contributed by atoms with Gasteiger partial charge >= 0.3 is 0 Å². The smallest absolute Gasteiger partial charge is 0.102 e. The van der Waals surface area contributed by atoms with E-state index in [0.717, 1.165) is 11.1 Å². The Morgan fingerprint density at radius 3 is 1.80 bits per heavy atom. The number of hydrogen-bond donors (Lipinski definition) is 1. The standard InChI is InChI=1S/C19H16Cl3NO.C11H10Cl2N2O.C8H9Cl/c20-15-5-3-14(4-6-15)13-24-19(12-23-9-1-2-10-23)17-8-7-16(21)11-18(17)22;12-8-1-2-9(10(13)5-8)11(16)6-15-4-3-14-7-15;1-7-2-4-8(6-9)5-3-7/h1-11,19H,12-13H2;1-5,7,11,16H,6H2;2-5H,6H2,1H3. The molecule has 2 unspecified atom stereocenters. The minimum Gasteiger partial charge on any atom is -0.386 e. The number of alkyl halides is 1. The van der Waals surface area contributed by atoms with Crippen LogP contribution >= 0.6 is 69.6 Å². The van der Waals surface area contributed by atoms with Crippen LogP contribution in [-0.2, 0) is 30.3 Å². The van der Waals surface area contributed by atoms with Crippen molar-refractivity contribution in [2.75, 3.05) is 0 Å². The summed E-state index contributed by atoms with van der Waals surface area (Å²) in [5.41, 5.74) is 5.11. The highest BCUT2D eigenvalue weighted by molar-refractivity contribution is 6.35. The number of rotatable bonds is 10. The molecule has 0 bridgehead atoms. The number of imidazole rings is 1. The summed E-state index contributed by atoms with van der Waals surface area (Å²) in [7, 11) is 0. The Labute approximate surface area is 317 Å². The number of ether oxygens (including phenoxy) is 1. The van der Waals surface area contributed by atoms with Gasteiger partial charge in [-0.2, -0.15) is 0 Å². The van der Waals surface area contributed by atoms with Crippen LogP contribution in [0.1, 0.15) is 40.0 Å². The van der Waals surface area contributed by atoms with Gasteiger partial charge in [0.25, 0.3) is 0 Å². The molecule has 2 aromatic heterocycles. The van der Waals surface area contributed by atoms with Crippen LogP contribution < -0.4 is 0 Å². The first-order valence-corrected chi connectivity index (χ1v) is 17.7. The van der Waals surface area contributed by atoms with Crippen LogP contribution in [0.4, 0.5) is 0 Å². The summed E-state index contributed by atoms with van der Waals surface area (Å²) in [6, 6.07) is 30.4. The third-order valence-corrected chi connectivity index (χ3v) is 8.94. The number of halogens is 6. The molecular formula is C38H35Cl6N3O2. The Balaban J connectivity index is 0.000000185. The summed E-state index contributed by atoms with van der Waals surface area (Å²) in [5.74, 6) is 0.611. The zero-order valence-electron chi connectivity index (χ0n) is 26.6. The Morgan fingerprint density at radius 1 is 0.673 bits per heavy atom. The molecule has 6 rings (SSSR count). The first kappa shape index (κ1) is 38.8. The number of aromatic nitrogens is 3. The Morgan fingerprint density at radius 2 is 1.24 bits per heavy atom. The first-order chi connectivity index (χ1) is 23.6. The van der Waals surface area contributed by atoms with Gasteiger partial charge in [0.15, 0.2) is 0 Å². The fourth-order valence-electron chi connectivity index (χ4n) is 4.61. The molecule has 0 aliphatic rings. The summed E-state index contributed by atoms with van der Waals surface area (Å²) in [5, 5.41) is 12.9. The van der Waals surface area contributed by atoms with E-state index >= 15 is 0 Å². The van der Waals surface area contributed by atoms with Gasteiger partial charge in [-0.3, -0.25) is 0 Å². The number of aliphatic hydroxyl groups is 1. The molecule has 5 nitrogen and oxygen atoms in total. The zero-order chi connectivity index (χ0) is 35.2. The average Bonchev–Trinajstić information content (AvgIpc) is 3.80. The van der Waals surface area contributed by atoms with Gasteiger partial charge in [0.1, 0.15) is 6.10 Å². The van der Waals surface area contributed by atoms with Crippen molar-refractivity contribution < 1.29 is 9.84 Å². The fraction of sp³-hybridized carbons (Fsp3) is 0.184. The number of nitrogens with zero attached hydrogens (tertiary/aromatic N) is 3. The topological polar surface area (TPSA) is 52.2 Å². The highest BCUT2D eigenvalue weighted by atomic mass is 35.5. The molecule has 49 heavy (non-hydrogen) atoms. The van der Waals surface area contributed by atoms with E-state index in [0.29, 0.717) is 56.3 Å². The van der Waals surface area contributed by atoms with E-state index in [1.54, 1.807) is 47.6 Å². The van der Waals surface area contributed by atoms with Gasteiger partial charge in [-0.1, -0.05) is 112 Å². The molecule has 0 radical (unpaired) electrons. The quantitative estimate of drug-likeness (QED) is 0.141. The van der Waals surface area contributed by atoms with E-state index in [4.69, 9.17) is 74.3 Å². The van der Waals surface area contributed by atoms with E-state index in [2.05, 4.69) is 28.6 Å². The molecule has 0 saturated heterocycles. The predicted octanol–water partition coefficient (Wildman–Crippen LogP) is 12.1. The summed E-state index contributed by atoms with van der Waals surface area (Å²) in [4.78, 5) is 3.90. The second-order valence-corrected chi connectivity index (χ2v) is 13.4. The van der Waals surface area contributed by atoms with Crippen LogP contribution in [0, 0.1) is 6.92 Å². The van der Waals surface area contributed by atoms with Crippen molar-refractivity contribution in [2.45, 2.75) is 44.7 Å². The van der Waals surface area contributed by atoms with E-state index in [9.17, 15) is 5.11 Å². The molecule has 1 N–H and O–H groups in total. The molecule has 2 atom stereocenters. The molecule has 0 amide bonds. The van der Waals surface area contributed by atoms with E-state index in [1.807, 2.05) is 73.1 Å². The zero-order valence-corrected chi connectivity index (χ0v) is 31.1.